The molecule has 0 unspecified atom stereocenters. The number of fused-ring (bicyclic) bond motifs is 1. The molecule has 1 heterocycles. The Morgan fingerprint density at radius 2 is 1.74 bits per heavy atom. The molecule has 2 aromatic carbocycles. The van der Waals surface area contributed by atoms with Crippen LogP contribution in [-0.2, 0) is 0 Å². The highest BCUT2D eigenvalue weighted by molar-refractivity contribution is 7.16. The normalized spacial score (nSPS) is 10.7. The lowest BCUT2D eigenvalue weighted by Crippen LogP contribution is -2.00. The second kappa shape index (κ2) is 4.37. The molecule has 0 saturated carbocycles. The Kier molecular flexibility index (Phi) is 2.68. The van der Waals surface area contributed by atoms with E-state index in [0.29, 0.717) is 11.1 Å². The first-order valence-corrected chi connectivity index (χ1v) is 6.42. The second-order valence-corrected chi connectivity index (χ2v) is 5.12. The van der Waals surface area contributed by atoms with Crippen molar-refractivity contribution in [2.45, 2.75) is 0 Å². The number of carbonyl (C=O) groups excluding carboxylic acids is 1. The molecule has 0 aliphatic heterocycles. The predicted molar refractivity (Wildman–Crippen MR) is 74.0 cm³/mol. The molecule has 0 bridgehead atoms. The minimum Gasteiger partial charge on any atom is -0.508 e. The van der Waals surface area contributed by atoms with E-state index in [1.807, 2.05) is 0 Å². The lowest BCUT2D eigenvalue weighted by Gasteiger charge is -2.01. The van der Waals surface area contributed by atoms with E-state index < -0.39 is 0 Å². The second-order valence-electron chi connectivity index (χ2n) is 4.10. The van der Waals surface area contributed by atoms with Crippen LogP contribution in [0.15, 0.2) is 47.3 Å². The van der Waals surface area contributed by atoms with Gasteiger partial charge in [-0.1, -0.05) is 11.3 Å². The number of hydrogen-bond donors (Lipinski definition) is 2. The highest BCUT2D eigenvalue weighted by Crippen LogP contribution is 2.19. The van der Waals surface area contributed by atoms with E-state index in [2.05, 4.69) is 4.98 Å². The van der Waals surface area contributed by atoms with Gasteiger partial charge in [-0.05, 0) is 42.5 Å². The topological polar surface area (TPSA) is 70.2 Å². The van der Waals surface area contributed by atoms with Gasteiger partial charge in [0.15, 0.2) is 5.78 Å². The molecule has 5 heteroatoms. The first-order valence-electron chi connectivity index (χ1n) is 5.60. The van der Waals surface area contributed by atoms with Crippen LogP contribution in [0.1, 0.15) is 15.9 Å². The van der Waals surface area contributed by atoms with Gasteiger partial charge in [0, 0.05) is 11.1 Å². The van der Waals surface area contributed by atoms with Crippen molar-refractivity contribution in [3.63, 3.8) is 0 Å². The summed E-state index contributed by atoms with van der Waals surface area (Å²) in [5.41, 5.74) is 1.76. The van der Waals surface area contributed by atoms with Crippen LogP contribution >= 0.6 is 11.3 Å². The summed E-state index contributed by atoms with van der Waals surface area (Å²) in [6.45, 7) is 0. The molecule has 0 amide bonds. The van der Waals surface area contributed by atoms with E-state index in [0.717, 1.165) is 21.6 Å². The molecular formula is C14H9NO3S. The maximum absolute atomic E-state index is 12.2. The van der Waals surface area contributed by atoms with Gasteiger partial charge in [0.2, 0.25) is 0 Å². The Morgan fingerprint density at radius 1 is 1.05 bits per heavy atom. The minimum atomic E-state index is -0.136. The molecule has 94 valence electrons. The van der Waals surface area contributed by atoms with Crippen LogP contribution in [0.4, 0.5) is 0 Å². The number of rotatable bonds is 2. The fourth-order valence-electron chi connectivity index (χ4n) is 1.87. The molecule has 0 aliphatic carbocycles. The third-order valence-electron chi connectivity index (χ3n) is 2.81. The van der Waals surface area contributed by atoms with E-state index in [1.165, 1.54) is 12.1 Å². The number of phenols is 1. The maximum atomic E-state index is 12.2. The molecule has 0 spiro atoms. The standard InChI is InChI=1S/C14H9NO3S/c16-10-4-1-8(2-5-10)13(17)9-3-6-11-12(7-9)19-14(18)15-11/h1-7,16H,(H,15,18). The third-order valence-corrected chi connectivity index (χ3v) is 3.66. The van der Waals surface area contributed by atoms with Crippen LogP contribution in [0, 0.1) is 0 Å². The summed E-state index contributed by atoms with van der Waals surface area (Å²) < 4.78 is 0.759. The molecule has 0 atom stereocenters. The van der Waals surface area contributed by atoms with Crippen molar-refractivity contribution in [2.24, 2.45) is 0 Å². The monoisotopic (exact) mass is 271 g/mol. The molecule has 2 N–H and O–H groups in total. The van der Waals surface area contributed by atoms with Crippen LogP contribution in [-0.4, -0.2) is 15.9 Å². The van der Waals surface area contributed by atoms with Crippen molar-refractivity contribution in [2.75, 3.05) is 0 Å². The average molecular weight is 271 g/mol. The lowest BCUT2D eigenvalue weighted by atomic mass is 10.0. The Balaban J connectivity index is 2.05. The first kappa shape index (κ1) is 11.7. The van der Waals surface area contributed by atoms with Gasteiger partial charge in [-0.25, -0.2) is 0 Å². The van der Waals surface area contributed by atoms with Crippen molar-refractivity contribution in [1.29, 1.82) is 0 Å². The van der Waals surface area contributed by atoms with E-state index in [-0.39, 0.29) is 16.4 Å². The van der Waals surface area contributed by atoms with E-state index in [1.54, 1.807) is 30.3 Å². The van der Waals surface area contributed by atoms with Gasteiger partial charge in [0.25, 0.3) is 0 Å². The zero-order valence-corrected chi connectivity index (χ0v) is 10.5. The number of nitrogens with one attached hydrogen (secondary N) is 1. The largest absolute Gasteiger partial charge is 0.508 e. The van der Waals surface area contributed by atoms with Crippen LogP contribution in [0.3, 0.4) is 0 Å². The molecule has 0 saturated heterocycles. The number of aromatic amines is 1. The highest BCUT2D eigenvalue weighted by atomic mass is 32.1. The van der Waals surface area contributed by atoms with Crippen LogP contribution in [0.2, 0.25) is 0 Å². The minimum absolute atomic E-state index is 0.121. The number of thiazole rings is 1. The molecule has 0 fully saturated rings. The first-order chi connectivity index (χ1) is 9.13. The number of carbonyl (C=O) groups is 1. The summed E-state index contributed by atoms with van der Waals surface area (Å²) in [4.78, 5) is 26.0. The zero-order valence-electron chi connectivity index (χ0n) is 9.71. The molecule has 4 nitrogen and oxygen atoms in total. The van der Waals surface area contributed by atoms with Gasteiger partial charge in [-0.3, -0.25) is 9.59 Å². The van der Waals surface area contributed by atoms with E-state index in [4.69, 9.17) is 0 Å². The Labute approximate surface area is 112 Å². The molecule has 0 aliphatic rings. The van der Waals surface area contributed by atoms with Crippen LogP contribution in [0.25, 0.3) is 10.2 Å². The van der Waals surface area contributed by atoms with Crippen LogP contribution < -0.4 is 4.87 Å². The number of aromatic nitrogens is 1. The van der Waals surface area contributed by atoms with Crippen molar-refractivity contribution < 1.29 is 9.90 Å². The van der Waals surface area contributed by atoms with Crippen molar-refractivity contribution >= 4 is 27.3 Å². The summed E-state index contributed by atoms with van der Waals surface area (Å²) >= 11 is 1.08. The molecule has 3 rings (SSSR count). The average Bonchev–Trinajstić information content (AvgIpc) is 2.77. The quantitative estimate of drug-likeness (QED) is 0.704. The van der Waals surface area contributed by atoms with Crippen molar-refractivity contribution in [3.05, 3.63) is 63.3 Å². The molecule has 19 heavy (non-hydrogen) atoms. The molecule has 1 aromatic heterocycles. The zero-order chi connectivity index (χ0) is 13.4. The van der Waals surface area contributed by atoms with Crippen LogP contribution in [0.5, 0.6) is 5.75 Å². The maximum Gasteiger partial charge on any atom is 0.305 e. The van der Waals surface area contributed by atoms with Crippen molar-refractivity contribution in [1.82, 2.24) is 4.98 Å². The molecule has 0 radical (unpaired) electrons. The summed E-state index contributed by atoms with van der Waals surface area (Å²) in [5, 5.41) is 9.20. The summed E-state index contributed by atoms with van der Waals surface area (Å²) in [6, 6.07) is 11.2. The SMILES string of the molecule is O=C(c1ccc(O)cc1)c1ccc2[nH]c(=O)sc2c1. The number of phenolic OH excluding ortho intramolecular Hbond substituents is 1. The van der Waals surface area contributed by atoms with Gasteiger partial charge in [0.1, 0.15) is 5.75 Å². The van der Waals surface area contributed by atoms with Gasteiger partial charge in [0.05, 0.1) is 10.2 Å². The Hall–Kier alpha value is -2.40. The number of aromatic hydroxyl groups is 1. The van der Waals surface area contributed by atoms with E-state index >= 15 is 0 Å². The lowest BCUT2D eigenvalue weighted by molar-refractivity contribution is 0.103. The smallest absolute Gasteiger partial charge is 0.305 e. The third kappa shape index (κ3) is 2.15. The van der Waals surface area contributed by atoms with Gasteiger partial charge >= 0.3 is 4.87 Å². The molecule has 3 aromatic rings. The summed E-state index contributed by atoms with van der Waals surface area (Å²) in [5.74, 6) is -0.0152. The van der Waals surface area contributed by atoms with Gasteiger partial charge in [-0.15, -0.1) is 0 Å². The van der Waals surface area contributed by atoms with Gasteiger partial charge in [-0.2, -0.15) is 0 Å². The van der Waals surface area contributed by atoms with Crippen molar-refractivity contribution in [3.8, 4) is 5.75 Å². The highest BCUT2D eigenvalue weighted by Gasteiger charge is 2.10. The van der Waals surface area contributed by atoms with E-state index in [9.17, 15) is 14.7 Å². The fourth-order valence-corrected chi connectivity index (χ4v) is 2.64. The number of hydrogen-bond acceptors (Lipinski definition) is 4. The number of ketones is 1. The molecular weight excluding hydrogens is 262 g/mol. The summed E-state index contributed by atoms with van der Waals surface area (Å²) in [6.07, 6.45) is 0. The summed E-state index contributed by atoms with van der Waals surface area (Å²) in [7, 11) is 0. The van der Waals surface area contributed by atoms with Gasteiger partial charge < -0.3 is 10.1 Å². The predicted octanol–water partition coefficient (Wildman–Crippen LogP) is 2.53. The number of H-pyrrole nitrogens is 1. The number of benzene rings is 2. The Bertz CT molecular complexity index is 815. The fraction of sp³-hybridized carbons (Fsp3) is 0. The Morgan fingerprint density at radius 3 is 2.47 bits per heavy atom.